The molecule has 6 aromatic carbocycles. The van der Waals surface area contributed by atoms with Gasteiger partial charge in [0.15, 0.2) is 0 Å². The van der Waals surface area contributed by atoms with Crippen LogP contribution in [0.15, 0.2) is 146 Å². The van der Waals surface area contributed by atoms with Gasteiger partial charge in [0.05, 0.1) is 0 Å². The van der Waals surface area contributed by atoms with Crippen LogP contribution in [0, 0.1) is 0 Å². The number of hydrogen-bond donors (Lipinski definition) is 0. The van der Waals surface area contributed by atoms with Crippen LogP contribution in [0.25, 0.3) is 54.5 Å². The molecule has 0 atom stereocenters. The van der Waals surface area contributed by atoms with E-state index < -0.39 is 17.0 Å². The van der Waals surface area contributed by atoms with E-state index in [9.17, 15) is 0 Å². The van der Waals surface area contributed by atoms with Crippen LogP contribution in [0.1, 0.15) is 0 Å². The summed E-state index contributed by atoms with van der Waals surface area (Å²) in [6.45, 7) is 0. The molecule has 0 aliphatic carbocycles. The van der Waals surface area contributed by atoms with Crippen molar-refractivity contribution in [1.82, 2.24) is 9.13 Å². The molecule has 190 valence electrons. The molecule has 0 aliphatic rings. The molecule has 0 unspecified atom stereocenters. The summed E-state index contributed by atoms with van der Waals surface area (Å²) in [4.78, 5) is 0. The van der Waals surface area contributed by atoms with Crippen LogP contribution in [-0.2, 0) is 17.0 Å². The zero-order valence-electron chi connectivity index (χ0n) is 21.0. The van der Waals surface area contributed by atoms with E-state index in [1.165, 1.54) is 54.5 Å². The Morgan fingerprint density at radius 1 is 0.436 bits per heavy atom. The van der Waals surface area contributed by atoms with Crippen molar-refractivity contribution in [3.63, 3.8) is 0 Å². The normalized spacial score (nSPS) is 10.8. The first-order valence-electron chi connectivity index (χ1n) is 12.6. The van der Waals surface area contributed by atoms with E-state index in [4.69, 9.17) is 18.6 Å². The van der Waals surface area contributed by atoms with E-state index in [0.29, 0.717) is 0 Å². The van der Waals surface area contributed by atoms with Gasteiger partial charge in [-0.1, -0.05) is 60.7 Å². The van der Waals surface area contributed by atoms with Gasteiger partial charge < -0.3 is 9.13 Å². The fourth-order valence-corrected chi connectivity index (χ4v) is 5.03. The van der Waals surface area contributed by atoms with Gasteiger partial charge in [-0.15, -0.1) is 82.2 Å². The number of fused-ring (bicyclic) bond motifs is 4. The standard InChI is InChI=1S/2C17H12N.2ClH.Ti/c2*1-2-6-14-10-17(9-13(14)5-1)18-11-15-7-3-4-8-16(15)12-18;;;/h2*1-12H;2*1H;/q2*-1;;;+2/p-2. The number of aromatic nitrogens is 2. The molecule has 0 aliphatic heterocycles. The first-order valence-corrected chi connectivity index (χ1v) is 16.9. The van der Waals surface area contributed by atoms with E-state index in [0.717, 1.165) is 0 Å². The van der Waals surface area contributed by atoms with Gasteiger partial charge in [0.2, 0.25) is 0 Å². The van der Waals surface area contributed by atoms with Gasteiger partial charge in [-0.2, -0.15) is 0 Å². The van der Waals surface area contributed by atoms with Gasteiger partial charge in [0.25, 0.3) is 0 Å². The van der Waals surface area contributed by atoms with Crippen LogP contribution >= 0.6 is 18.6 Å². The minimum atomic E-state index is -0.556. The Hall–Kier alpha value is -3.53. The van der Waals surface area contributed by atoms with Crippen molar-refractivity contribution < 1.29 is 17.0 Å². The van der Waals surface area contributed by atoms with Crippen molar-refractivity contribution in [3.05, 3.63) is 146 Å². The molecule has 0 fully saturated rings. The summed E-state index contributed by atoms with van der Waals surface area (Å²) in [5, 5.41) is 10.3. The Bertz CT molecular complexity index is 1570. The van der Waals surface area contributed by atoms with E-state index in [1.807, 2.05) is 0 Å². The third-order valence-electron chi connectivity index (χ3n) is 6.91. The summed E-state index contributed by atoms with van der Waals surface area (Å²) in [5.41, 5.74) is 2.46. The molecule has 8 rings (SSSR count). The van der Waals surface area contributed by atoms with Crippen molar-refractivity contribution >= 4 is 61.7 Å². The molecule has 8 aromatic rings. The van der Waals surface area contributed by atoms with Gasteiger partial charge in [-0.3, -0.25) is 0 Å². The predicted octanol–water partition coefficient (Wildman–Crippen LogP) is 10.4. The summed E-state index contributed by atoms with van der Waals surface area (Å²) in [5.74, 6) is 0. The van der Waals surface area contributed by atoms with Gasteiger partial charge in [0, 0.05) is 24.8 Å². The van der Waals surface area contributed by atoms with Crippen molar-refractivity contribution in [2.75, 3.05) is 0 Å². The second kappa shape index (κ2) is 11.7. The maximum Gasteiger partial charge on any atom is 0.0149 e. The van der Waals surface area contributed by atoms with Gasteiger partial charge in [0.1, 0.15) is 0 Å². The van der Waals surface area contributed by atoms with E-state index in [2.05, 4.69) is 155 Å². The molecule has 0 bridgehead atoms. The monoisotopic (exact) mass is 578 g/mol. The Balaban J connectivity index is 0.000000129. The summed E-state index contributed by atoms with van der Waals surface area (Å²) < 4.78 is 4.40. The summed E-state index contributed by atoms with van der Waals surface area (Å²) >= 11 is -0.556. The molecule has 2 heterocycles. The van der Waals surface area contributed by atoms with Crippen LogP contribution in [0.2, 0.25) is 0 Å². The van der Waals surface area contributed by atoms with Crippen molar-refractivity contribution in [2.24, 2.45) is 0 Å². The molecule has 39 heavy (non-hydrogen) atoms. The molecule has 2 nitrogen and oxygen atoms in total. The number of rotatable bonds is 2. The van der Waals surface area contributed by atoms with Gasteiger partial charge in [-0.25, -0.2) is 0 Å². The number of nitrogens with zero attached hydrogens (tertiary/aromatic N) is 2. The molecule has 2 aromatic heterocycles. The molecule has 0 saturated heterocycles. The Morgan fingerprint density at radius 3 is 1.03 bits per heavy atom. The van der Waals surface area contributed by atoms with Crippen LogP contribution in [0.5, 0.6) is 0 Å². The average Bonchev–Trinajstić information content (AvgIpc) is 3.76. The van der Waals surface area contributed by atoms with Crippen molar-refractivity contribution in [3.8, 4) is 11.4 Å². The minimum Gasteiger partial charge on any atom is -0.341 e. The first kappa shape index (κ1) is 25.7. The zero-order valence-corrected chi connectivity index (χ0v) is 24.1. The third-order valence-corrected chi connectivity index (χ3v) is 6.91. The largest absolute Gasteiger partial charge is 0.341 e. The number of hydrogen-bond acceptors (Lipinski definition) is 0. The van der Waals surface area contributed by atoms with E-state index >= 15 is 0 Å². The van der Waals surface area contributed by atoms with Crippen LogP contribution in [-0.4, -0.2) is 9.13 Å². The van der Waals surface area contributed by atoms with Gasteiger partial charge >= 0.3 is 35.6 Å². The number of halogens is 2. The quantitative estimate of drug-likeness (QED) is 0.143. The molecule has 5 heteroatoms. The molecule has 0 saturated carbocycles. The third kappa shape index (κ3) is 5.61. The topological polar surface area (TPSA) is 9.86 Å². The maximum absolute atomic E-state index is 4.89. The maximum atomic E-state index is 4.89. The first-order chi connectivity index (χ1) is 19.2. The molecule has 0 N–H and O–H groups in total. The Kier molecular flexibility index (Phi) is 7.72. The smallest absolute Gasteiger partial charge is 0.0149 e. The Morgan fingerprint density at radius 2 is 0.718 bits per heavy atom. The Labute approximate surface area is 244 Å². The second-order valence-corrected chi connectivity index (χ2v) is 11.9. The molecule has 0 spiro atoms. The molecular weight excluding hydrogens is 555 g/mol. The van der Waals surface area contributed by atoms with Crippen LogP contribution in [0.4, 0.5) is 0 Å². The predicted molar refractivity (Wildman–Crippen MR) is 164 cm³/mol. The molecular formula is C34H24Cl2N2Ti-2. The van der Waals surface area contributed by atoms with Crippen molar-refractivity contribution in [2.45, 2.75) is 0 Å². The summed E-state index contributed by atoms with van der Waals surface area (Å²) in [7, 11) is 9.78. The fourth-order valence-electron chi connectivity index (χ4n) is 5.03. The number of benzene rings is 4. The van der Waals surface area contributed by atoms with Crippen molar-refractivity contribution in [1.29, 1.82) is 0 Å². The van der Waals surface area contributed by atoms with Gasteiger partial charge in [-0.05, 0) is 32.9 Å². The SMILES string of the molecule is [Cl][Ti][Cl].c1ccc2cn(-c3cc4ccccc4[cH-]3)cc2c1.c1ccc2cn(-c3cc4ccccc4[cH-]3)cc2c1. The summed E-state index contributed by atoms with van der Waals surface area (Å²) in [6.07, 6.45) is 8.74. The fraction of sp³-hybridized carbons (Fsp3) is 0. The van der Waals surface area contributed by atoms with E-state index in [1.54, 1.807) is 0 Å². The minimum absolute atomic E-state index is 0.556. The molecule has 0 radical (unpaired) electrons. The van der Waals surface area contributed by atoms with Crippen LogP contribution in [0.3, 0.4) is 0 Å². The zero-order chi connectivity index (χ0) is 26.6. The summed E-state index contributed by atoms with van der Waals surface area (Å²) in [6, 6.07) is 42.8. The van der Waals surface area contributed by atoms with Crippen LogP contribution < -0.4 is 0 Å². The second-order valence-electron chi connectivity index (χ2n) is 9.35. The average molecular weight is 579 g/mol. The van der Waals surface area contributed by atoms with E-state index in [-0.39, 0.29) is 0 Å². The molecule has 0 amide bonds.